The van der Waals surface area contributed by atoms with Crippen LogP contribution in [0.2, 0.25) is 0 Å². The van der Waals surface area contributed by atoms with E-state index >= 15 is 0 Å². The molecule has 0 unspecified atom stereocenters. The Hall–Kier alpha value is -3.46. The number of esters is 1. The normalized spacial score (nSPS) is 15.0. The number of hydrogen-bond donors (Lipinski definition) is 1. The molecule has 2 aromatic rings. The van der Waals surface area contributed by atoms with Crippen molar-refractivity contribution < 1.29 is 28.3 Å². The summed E-state index contributed by atoms with van der Waals surface area (Å²) in [6, 6.07) is 11.6. The van der Waals surface area contributed by atoms with Gasteiger partial charge in [-0.25, -0.2) is 9.18 Å². The molecule has 1 aliphatic rings. The average Bonchev–Trinajstić information content (AvgIpc) is 2.95. The molecule has 0 aromatic heterocycles. The summed E-state index contributed by atoms with van der Waals surface area (Å²) in [5, 5.41) is 1.86. The van der Waals surface area contributed by atoms with Gasteiger partial charge >= 0.3 is 5.97 Å². The van der Waals surface area contributed by atoms with Crippen LogP contribution in [0, 0.1) is 5.82 Å². The lowest BCUT2D eigenvalue weighted by Crippen LogP contribution is -2.36. The Kier molecular flexibility index (Phi) is 6.08. The summed E-state index contributed by atoms with van der Waals surface area (Å²) >= 11 is 0.709. The van der Waals surface area contributed by atoms with E-state index < -0.39 is 35.4 Å². The van der Waals surface area contributed by atoms with Crippen LogP contribution in [0.3, 0.4) is 0 Å². The van der Waals surface area contributed by atoms with Gasteiger partial charge in [0.25, 0.3) is 11.1 Å². The van der Waals surface area contributed by atoms with Crippen molar-refractivity contribution in [3.8, 4) is 0 Å². The standard InChI is InChI=1S/C20H15FN2O5S/c1-28-19(26)13-7-5-12(6-8-13)9-16-18(25)23(20(27)29-16)11-17(24)22-15-4-2-3-14(21)10-15/h2-10H,11H2,1H3,(H,22,24)/b16-9+. The van der Waals surface area contributed by atoms with E-state index in [2.05, 4.69) is 10.1 Å². The van der Waals surface area contributed by atoms with E-state index in [4.69, 9.17) is 0 Å². The molecule has 0 radical (unpaired) electrons. The van der Waals surface area contributed by atoms with Gasteiger partial charge in [-0.2, -0.15) is 0 Å². The van der Waals surface area contributed by atoms with Crippen molar-refractivity contribution in [1.29, 1.82) is 0 Å². The molecule has 3 amide bonds. The van der Waals surface area contributed by atoms with Crippen LogP contribution in [0.25, 0.3) is 6.08 Å². The molecule has 1 heterocycles. The minimum atomic E-state index is -0.624. The fraction of sp³-hybridized carbons (Fsp3) is 0.100. The zero-order valence-electron chi connectivity index (χ0n) is 15.2. The largest absolute Gasteiger partial charge is 0.465 e. The number of anilines is 1. The van der Waals surface area contributed by atoms with Crippen LogP contribution in [-0.2, 0) is 14.3 Å². The number of nitrogens with zero attached hydrogens (tertiary/aromatic N) is 1. The van der Waals surface area contributed by atoms with Gasteiger partial charge < -0.3 is 10.1 Å². The van der Waals surface area contributed by atoms with Gasteiger partial charge in [-0.15, -0.1) is 0 Å². The van der Waals surface area contributed by atoms with Gasteiger partial charge in [0.15, 0.2) is 0 Å². The number of benzene rings is 2. The molecule has 0 atom stereocenters. The van der Waals surface area contributed by atoms with Crippen LogP contribution in [-0.4, -0.2) is 41.6 Å². The number of rotatable bonds is 5. The van der Waals surface area contributed by atoms with Crippen LogP contribution in [0.1, 0.15) is 15.9 Å². The molecule has 0 saturated carbocycles. The van der Waals surface area contributed by atoms with Crippen LogP contribution >= 0.6 is 11.8 Å². The third kappa shape index (κ3) is 4.88. The Morgan fingerprint density at radius 3 is 2.55 bits per heavy atom. The maximum atomic E-state index is 13.2. The lowest BCUT2D eigenvalue weighted by Gasteiger charge is -2.12. The zero-order valence-corrected chi connectivity index (χ0v) is 16.0. The van der Waals surface area contributed by atoms with Crippen molar-refractivity contribution in [2.24, 2.45) is 0 Å². The lowest BCUT2D eigenvalue weighted by atomic mass is 10.1. The van der Waals surface area contributed by atoms with Crippen molar-refractivity contribution >= 4 is 46.5 Å². The highest BCUT2D eigenvalue weighted by atomic mass is 32.2. The van der Waals surface area contributed by atoms with Crippen LogP contribution in [0.4, 0.5) is 14.9 Å². The second-order valence-electron chi connectivity index (χ2n) is 5.94. The number of carbonyl (C=O) groups is 4. The monoisotopic (exact) mass is 414 g/mol. The number of thioether (sulfide) groups is 1. The second-order valence-corrected chi connectivity index (χ2v) is 6.93. The number of carbonyl (C=O) groups excluding carboxylic acids is 4. The molecule has 148 valence electrons. The molecule has 1 fully saturated rings. The van der Waals surface area contributed by atoms with Crippen LogP contribution in [0.5, 0.6) is 0 Å². The van der Waals surface area contributed by atoms with Crippen molar-refractivity contribution in [2.45, 2.75) is 0 Å². The first kappa shape index (κ1) is 20.3. The Bertz CT molecular complexity index is 1020. The minimum Gasteiger partial charge on any atom is -0.465 e. The number of hydrogen-bond acceptors (Lipinski definition) is 6. The molecule has 7 nitrogen and oxygen atoms in total. The third-order valence-electron chi connectivity index (χ3n) is 3.91. The summed E-state index contributed by atoms with van der Waals surface area (Å²) in [7, 11) is 1.27. The Balaban J connectivity index is 1.68. The van der Waals surface area contributed by atoms with Crippen molar-refractivity contribution in [2.75, 3.05) is 19.0 Å². The van der Waals surface area contributed by atoms with E-state index in [1.165, 1.54) is 43.5 Å². The first-order chi connectivity index (χ1) is 13.9. The Labute approximate surface area is 169 Å². The second kappa shape index (κ2) is 8.70. The van der Waals surface area contributed by atoms with Gasteiger partial charge in [-0.05, 0) is 53.7 Å². The first-order valence-corrected chi connectivity index (χ1v) is 9.18. The molecule has 3 rings (SSSR count). The maximum absolute atomic E-state index is 13.2. The zero-order chi connectivity index (χ0) is 21.0. The number of amides is 3. The van der Waals surface area contributed by atoms with E-state index in [1.807, 2.05) is 0 Å². The van der Waals surface area contributed by atoms with Crippen LogP contribution in [0.15, 0.2) is 53.4 Å². The highest BCUT2D eigenvalue weighted by Crippen LogP contribution is 2.32. The van der Waals surface area contributed by atoms with Gasteiger partial charge in [-0.1, -0.05) is 18.2 Å². The smallest absolute Gasteiger partial charge is 0.337 e. The molecular weight excluding hydrogens is 399 g/mol. The SMILES string of the molecule is COC(=O)c1ccc(/C=C2/SC(=O)N(CC(=O)Nc3cccc(F)c3)C2=O)cc1. The molecule has 1 N–H and O–H groups in total. The quantitative estimate of drug-likeness (QED) is 0.596. The van der Waals surface area contributed by atoms with E-state index in [-0.39, 0.29) is 10.6 Å². The molecule has 1 saturated heterocycles. The summed E-state index contributed by atoms with van der Waals surface area (Å²) in [6.07, 6.45) is 1.50. The third-order valence-corrected chi connectivity index (χ3v) is 4.82. The summed E-state index contributed by atoms with van der Waals surface area (Å²) in [5.41, 5.74) is 1.18. The molecule has 9 heteroatoms. The fourth-order valence-electron chi connectivity index (χ4n) is 2.53. The molecule has 2 aromatic carbocycles. The molecular formula is C20H15FN2O5S. The molecule has 1 aliphatic heterocycles. The topological polar surface area (TPSA) is 92.8 Å². The predicted octanol–water partition coefficient (Wildman–Crippen LogP) is 3.29. The molecule has 29 heavy (non-hydrogen) atoms. The fourth-order valence-corrected chi connectivity index (χ4v) is 3.37. The number of nitrogens with one attached hydrogen (secondary N) is 1. The van der Waals surface area contributed by atoms with E-state index in [0.29, 0.717) is 22.9 Å². The van der Waals surface area contributed by atoms with E-state index in [0.717, 1.165) is 11.0 Å². The summed E-state index contributed by atoms with van der Waals surface area (Å²) in [6.45, 7) is -0.486. The van der Waals surface area contributed by atoms with E-state index in [9.17, 15) is 23.6 Å². The van der Waals surface area contributed by atoms with Crippen molar-refractivity contribution in [3.05, 3.63) is 70.4 Å². The molecule has 0 aliphatic carbocycles. The summed E-state index contributed by atoms with van der Waals surface area (Å²) in [5.74, 6) is -2.23. The predicted molar refractivity (Wildman–Crippen MR) is 105 cm³/mol. The van der Waals surface area contributed by atoms with Gasteiger partial charge in [0.2, 0.25) is 5.91 Å². The Morgan fingerprint density at radius 2 is 1.90 bits per heavy atom. The number of methoxy groups -OCH3 is 1. The maximum Gasteiger partial charge on any atom is 0.337 e. The number of halogens is 1. The van der Waals surface area contributed by atoms with Gasteiger partial charge in [0.05, 0.1) is 17.6 Å². The minimum absolute atomic E-state index is 0.152. The number of ether oxygens (including phenoxy) is 1. The first-order valence-electron chi connectivity index (χ1n) is 8.36. The van der Waals surface area contributed by atoms with Gasteiger partial charge in [0, 0.05) is 5.69 Å². The number of imide groups is 1. The van der Waals surface area contributed by atoms with Crippen LogP contribution < -0.4 is 5.32 Å². The highest BCUT2D eigenvalue weighted by molar-refractivity contribution is 8.18. The summed E-state index contributed by atoms with van der Waals surface area (Å²) < 4.78 is 17.8. The highest BCUT2D eigenvalue weighted by Gasteiger charge is 2.36. The molecule has 0 spiro atoms. The average molecular weight is 414 g/mol. The summed E-state index contributed by atoms with van der Waals surface area (Å²) in [4.78, 5) is 49.2. The van der Waals surface area contributed by atoms with Crippen molar-refractivity contribution in [3.63, 3.8) is 0 Å². The van der Waals surface area contributed by atoms with Crippen molar-refractivity contribution in [1.82, 2.24) is 4.90 Å². The Morgan fingerprint density at radius 1 is 1.17 bits per heavy atom. The van der Waals surface area contributed by atoms with Gasteiger partial charge in [-0.3, -0.25) is 19.3 Å². The molecule has 0 bridgehead atoms. The van der Waals surface area contributed by atoms with Gasteiger partial charge in [0.1, 0.15) is 12.4 Å². The lowest BCUT2D eigenvalue weighted by molar-refractivity contribution is -0.127. The van der Waals surface area contributed by atoms with E-state index in [1.54, 1.807) is 12.1 Å².